The van der Waals surface area contributed by atoms with Crippen molar-refractivity contribution in [2.24, 2.45) is 0 Å². The molecule has 0 bridgehead atoms. The number of urea groups is 1. The fourth-order valence-corrected chi connectivity index (χ4v) is 2.77. The first-order chi connectivity index (χ1) is 10.1. The zero-order valence-corrected chi connectivity index (χ0v) is 13.4. The molecule has 6 nitrogen and oxygen atoms in total. The Labute approximate surface area is 128 Å². The minimum Gasteiger partial charge on any atom is -0.359 e. The lowest BCUT2D eigenvalue weighted by Crippen LogP contribution is -2.37. The molecule has 0 aromatic carbocycles. The Morgan fingerprint density at radius 2 is 2.29 bits per heavy atom. The van der Waals surface area contributed by atoms with Gasteiger partial charge in [-0.1, -0.05) is 5.16 Å². The van der Waals surface area contributed by atoms with Crippen LogP contribution in [0.25, 0.3) is 0 Å². The van der Waals surface area contributed by atoms with E-state index in [1.807, 2.05) is 25.4 Å². The van der Waals surface area contributed by atoms with E-state index in [0.717, 1.165) is 24.2 Å². The topological polar surface area (TPSA) is 71.3 Å². The number of carbonyl (C=O) groups is 1. The largest absolute Gasteiger partial charge is 0.359 e. The van der Waals surface area contributed by atoms with Gasteiger partial charge >= 0.3 is 6.03 Å². The molecule has 2 amide bonds. The van der Waals surface area contributed by atoms with Gasteiger partial charge in [0.1, 0.15) is 0 Å². The van der Waals surface area contributed by atoms with Crippen molar-refractivity contribution in [3.05, 3.63) is 33.6 Å². The van der Waals surface area contributed by atoms with E-state index in [1.54, 1.807) is 23.3 Å². The second-order valence-corrected chi connectivity index (χ2v) is 5.93. The molecule has 0 radical (unpaired) electrons. The predicted octanol–water partition coefficient (Wildman–Crippen LogP) is 2.52. The average molecular weight is 308 g/mol. The van der Waals surface area contributed by atoms with Crippen molar-refractivity contribution in [2.45, 2.75) is 33.2 Å². The fourth-order valence-electron chi connectivity index (χ4n) is 1.94. The Morgan fingerprint density at radius 1 is 1.48 bits per heavy atom. The van der Waals surface area contributed by atoms with Crippen LogP contribution in [0.1, 0.15) is 28.4 Å². The van der Waals surface area contributed by atoms with E-state index in [-0.39, 0.29) is 6.03 Å². The van der Waals surface area contributed by atoms with E-state index in [2.05, 4.69) is 15.5 Å². The van der Waals surface area contributed by atoms with Crippen molar-refractivity contribution < 1.29 is 9.32 Å². The highest BCUT2D eigenvalue weighted by Gasteiger charge is 2.11. The van der Waals surface area contributed by atoms with Crippen LogP contribution < -0.4 is 5.32 Å². The highest BCUT2D eigenvalue weighted by Crippen LogP contribution is 2.13. The highest BCUT2D eigenvalue weighted by molar-refractivity contribution is 7.09. The molecule has 0 atom stereocenters. The van der Waals surface area contributed by atoms with Gasteiger partial charge < -0.3 is 14.7 Å². The van der Waals surface area contributed by atoms with E-state index in [1.165, 1.54) is 4.88 Å². The lowest BCUT2D eigenvalue weighted by Gasteiger charge is -2.16. The van der Waals surface area contributed by atoms with Gasteiger partial charge in [0.05, 0.1) is 23.4 Å². The van der Waals surface area contributed by atoms with E-state index in [0.29, 0.717) is 18.8 Å². The van der Waals surface area contributed by atoms with E-state index in [4.69, 9.17) is 4.52 Å². The smallest absolute Gasteiger partial charge is 0.317 e. The van der Waals surface area contributed by atoms with Crippen molar-refractivity contribution in [3.8, 4) is 0 Å². The standard InChI is InChI=1S/C14H20N4O2S/c1-10-7-12(20-17-10)8-18(3)14(19)15-6-4-5-13-11(2)16-9-21-13/h7,9H,4-6,8H2,1-3H3,(H,15,19). The van der Waals surface area contributed by atoms with Gasteiger partial charge in [0.25, 0.3) is 0 Å². The molecule has 0 unspecified atom stereocenters. The van der Waals surface area contributed by atoms with Gasteiger partial charge in [-0.05, 0) is 26.7 Å². The Kier molecular flexibility index (Phi) is 5.32. The molecule has 114 valence electrons. The Hall–Kier alpha value is -1.89. The maximum atomic E-state index is 11.9. The maximum absolute atomic E-state index is 11.9. The van der Waals surface area contributed by atoms with Crippen LogP contribution in [0, 0.1) is 13.8 Å². The van der Waals surface area contributed by atoms with Crippen LogP contribution in [0.15, 0.2) is 16.1 Å². The molecule has 0 spiro atoms. The summed E-state index contributed by atoms with van der Waals surface area (Å²) in [5.41, 5.74) is 3.76. The average Bonchev–Trinajstić information content (AvgIpc) is 3.03. The molecule has 2 rings (SSSR count). The van der Waals surface area contributed by atoms with Gasteiger partial charge in [0.15, 0.2) is 5.76 Å². The van der Waals surface area contributed by atoms with Crippen molar-refractivity contribution in [1.82, 2.24) is 20.4 Å². The van der Waals surface area contributed by atoms with Gasteiger partial charge in [-0.15, -0.1) is 11.3 Å². The first kappa shape index (κ1) is 15.5. The summed E-state index contributed by atoms with van der Waals surface area (Å²) in [5.74, 6) is 0.686. The molecule has 2 heterocycles. The molecule has 0 aliphatic carbocycles. The van der Waals surface area contributed by atoms with Gasteiger partial charge in [-0.3, -0.25) is 0 Å². The fraction of sp³-hybridized carbons (Fsp3) is 0.500. The van der Waals surface area contributed by atoms with Gasteiger partial charge in [-0.25, -0.2) is 9.78 Å². The van der Waals surface area contributed by atoms with Crippen LogP contribution in [0.5, 0.6) is 0 Å². The van der Waals surface area contributed by atoms with Crippen molar-refractivity contribution in [3.63, 3.8) is 0 Å². The molecule has 2 aromatic rings. The monoisotopic (exact) mass is 308 g/mol. The minimum atomic E-state index is -0.106. The summed E-state index contributed by atoms with van der Waals surface area (Å²) in [7, 11) is 1.74. The quantitative estimate of drug-likeness (QED) is 0.832. The van der Waals surface area contributed by atoms with Crippen LogP contribution in [0.2, 0.25) is 0 Å². The summed E-state index contributed by atoms with van der Waals surface area (Å²) in [5, 5.41) is 6.70. The van der Waals surface area contributed by atoms with Crippen LogP contribution in [0.4, 0.5) is 4.79 Å². The van der Waals surface area contributed by atoms with Crippen molar-refractivity contribution in [1.29, 1.82) is 0 Å². The lowest BCUT2D eigenvalue weighted by molar-refractivity contribution is 0.200. The normalized spacial score (nSPS) is 10.6. The predicted molar refractivity (Wildman–Crippen MR) is 81.3 cm³/mol. The highest BCUT2D eigenvalue weighted by atomic mass is 32.1. The number of hydrogen-bond acceptors (Lipinski definition) is 5. The molecule has 0 saturated heterocycles. The summed E-state index contributed by atoms with van der Waals surface area (Å²) in [6, 6.07) is 1.72. The molecule has 0 fully saturated rings. The molecular formula is C14H20N4O2S. The van der Waals surface area contributed by atoms with Gasteiger partial charge in [0, 0.05) is 24.5 Å². The maximum Gasteiger partial charge on any atom is 0.317 e. The van der Waals surface area contributed by atoms with E-state index >= 15 is 0 Å². The molecule has 21 heavy (non-hydrogen) atoms. The third-order valence-corrected chi connectivity index (χ3v) is 4.11. The number of nitrogens with one attached hydrogen (secondary N) is 1. The summed E-state index contributed by atoms with van der Waals surface area (Å²) >= 11 is 1.67. The lowest BCUT2D eigenvalue weighted by atomic mass is 10.2. The first-order valence-corrected chi connectivity index (χ1v) is 7.74. The van der Waals surface area contributed by atoms with Crippen LogP contribution >= 0.6 is 11.3 Å². The summed E-state index contributed by atoms with van der Waals surface area (Å²) < 4.78 is 5.10. The number of carbonyl (C=O) groups excluding carboxylic acids is 1. The number of amides is 2. The molecule has 2 aromatic heterocycles. The Morgan fingerprint density at radius 3 is 2.90 bits per heavy atom. The molecule has 0 saturated carbocycles. The number of hydrogen-bond donors (Lipinski definition) is 1. The first-order valence-electron chi connectivity index (χ1n) is 6.86. The third kappa shape index (κ3) is 4.56. The van der Waals surface area contributed by atoms with Crippen LogP contribution in [0.3, 0.4) is 0 Å². The summed E-state index contributed by atoms with van der Waals surface area (Å²) in [6.07, 6.45) is 1.85. The molecule has 0 aliphatic rings. The molecule has 7 heteroatoms. The minimum absolute atomic E-state index is 0.106. The SMILES string of the molecule is Cc1cc(CN(C)C(=O)NCCCc2scnc2C)on1. The number of thiazole rings is 1. The zero-order chi connectivity index (χ0) is 15.2. The van der Waals surface area contributed by atoms with E-state index in [9.17, 15) is 4.79 Å². The third-order valence-electron chi connectivity index (χ3n) is 3.12. The van der Waals surface area contributed by atoms with Gasteiger partial charge in [-0.2, -0.15) is 0 Å². The Balaban J connectivity index is 1.68. The van der Waals surface area contributed by atoms with E-state index < -0.39 is 0 Å². The molecule has 1 N–H and O–H groups in total. The summed E-state index contributed by atoms with van der Waals surface area (Å²) in [4.78, 5) is 19.0. The number of aromatic nitrogens is 2. The van der Waals surface area contributed by atoms with Gasteiger partial charge in [0.2, 0.25) is 0 Å². The number of nitrogens with zero attached hydrogens (tertiary/aromatic N) is 3. The number of aryl methyl sites for hydroxylation is 3. The molecule has 0 aliphatic heterocycles. The van der Waals surface area contributed by atoms with Crippen LogP contribution in [-0.4, -0.2) is 34.7 Å². The molecular weight excluding hydrogens is 288 g/mol. The van der Waals surface area contributed by atoms with Crippen LogP contribution in [-0.2, 0) is 13.0 Å². The zero-order valence-electron chi connectivity index (χ0n) is 12.5. The van der Waals surface area contributed by atoms with Crippen molar-refractivity contribution >= 4 is 17.4 Å². The summed E-state index contributed by atoms with van der Waals surface area (Å²) in [6.45, 7) is 4.93. The van der Waals surface area contributed by atoms with Crippen molar-refractivity contribution in [2.75, 3.05) is 13.6 Å². The second-order valence-electron chi connectivity index (χ2n) is 4.99. The second kappa shape index (κ2) is 7.21. The number of rotatable bonds is 6. The Bertz CT molecular complexity index is 593.